The SMILES string of the molecule is COc1ccc(Nc2ncnc3c2C(c2ccncc2)c2c(n[nH]c2C)O3)cc1. The first kappa shape index (κ1) is 17.2. The van der Waals surface area contributed by atoms with Crippen molar-refractivity contribution < 1.29 is 9.47 Å². The number of aromatic amines is 1. The number of aromatic nitrogens is 5. The van der Waals surface area contributed by atoms with Crippen molar-refractivity contribution in [3.63, 3.8) is 0 Å². The molecule has 8 heteroatoms. The Morgan fingerprint density at radius 2 is 1.79 bits per heavy atom. The average Bonchev–Trinajstić information content (AvgIpc) is 3.14. The Kier molecular flexibility index (Phi) is 4.09. The van der Waals surface area contributed by atoms with E-state index in [2.05, 4.69) is 30.5 Å². The van der Waals surface area contributed by atoms with Gasteiger partial charge in [-0.3, -0.25) is 10.1 Å². The Morgan fingerprint density at radius 3 is 2.55 bits per heavy atom. The summed E-state index contributed by atoms with van der Waals surface area (Å²) in [7, 11) is 1.64. The molecule has 1 aromatic carbocycles. The molecule has 0 bridgehead atoms. The van der Waals surface area contributed by atoms with Gasteiger partial charge in [-0.2, -0.15) is 0 Å². The molecule has 1 aliphatic rings. The molecule has 0 saturated heterocycles. The summed E-state index contributed by atoms with van der Waals surface area (Å²) in [4.78, 5) is 13.0. The normalized spacial score (nSPS) is 14.5. The molecule has 144 valence electrons. The van der Waals surface area contributed by atoms with Crippen molar-refractivity contribution in [2.24, 2.45) is 0 Å². The molecule has 0 saturated carbocycles. The molecule has 4 heterocycles. The molecule has 2 N–H and O–H groups in total. The molecule has 3 aromatic heterocycles. The Balaban J connectivity index is 1.65. The van der Waals surface area contributed by atoms with E-state index in [1.54, 1.807) is 19.5 Å². The number of fused-ring (bicyclic) bond motifs is 2. The fourth-order valence-electron chi connectivity index (χ4n) is 3.59. The number of methoxy groups -OCH3 is 1. The molecule has 1 unspecified atom stereocenters. The average molecular weight is 386 g/mol. The number of hydrogen-bond donors (Lipinski definition) is 2. The zero-order valence-electron chi connectivity index (χ0n) is 15.9. The maximum atomic E-state index is 6.00. The Hall–Kier alpha value is -3.94. The molecule has 8 nitrogen and oxygen atoms in total. The van der Waals surface area contributed by atoms with E-state index >= 15 is 0 Å². The molecule has 1 atom stereocenters. The first-order valence-electron chi connectivity index (χ1n) is 9.13. The molecular formula is C21H18N6O2. The summed E-state index contributed by atoms with van der Waals surface area (Å²) in [6.45, 7) is 1.98. The van der Waals surface area contributed by atoms with Crippen LogP contribution in [0.4, 0.5) is 11.5 Å². The second-order valence-corrected chi connectivity index (χ2v) is 6.68. The number of rotatable bonds is 4. The zero-order chi connectivity index (χ0) is 19.8. The number of H-pyrrole nitrogens is 1. The Bertz CT molecular complexity index is 1160. The maximum Gasteiger partial charge on any atom is 0.244 e. The van der Waals surface area contributed by atoms with Gasteiger partial charge in [-0.15, -0.1) is 5.10 Å². The van der Waals surface area contributed by atoms with Crippen LogP contribution in [0, 0.1) is 6.92 Å². The number of ether oxygens (including phenoxy) is 2. The lowest BCUT2D eigenvalue weighted by Crippen LogP contribution is -2.16. The van der Waals surface area contributed by atoms with Gasteiger partial charge in [-0.25, -0.2) is 9.97 Å². The van der Waals surface area contributed by atoms with Crippen LogP contribution in [0.5, 0.6) is 17.5 Å². The quantitative estimate of drug-likeness (QED) is 0.483. The maximum absolute atomic E-state index is 6.00. The van der Waals surface area contributed by atoms with Gasteiger partial charge < -0.3 is 14.8 Å². The van der Waals surface area contributed by atoms with E-state index in [0.29, 0.717) is 17.6 Å². The third-order valence-electron chi connectivity index (χ3n) is 4.97. The lowest BCUT2D eigenvalue weighted by Gasteiger charge is -2.27. The van der Waals surface area contributed by atoms with Gasteiger partial charge in [-0.05, 0) is 48.9 Å². The van der Waals surface area contributed by atoms with Crippen molar-refractivity contribution >= 4 is 11.5 Å². The van der Waals surface area contributed by atoms with Crippen LogP contribution < -0.4 is 14.8 Å². The minimum atomic E-state index is -0.141. The largest absolute Gasteiger partial charge is 0.497 e. The van der Waals surface area contributed by atoms with Crippen LogP contribution in [0.15, 0.2) is 55.1 Å². The highest BCUT2D eigenvalue weighted by Gasteiger charge is 2.36. The van der Waals surface area contributed by atoms with E-state index in [1.807, 2.05) is 43.3 Å². The van der Waals surface area contributed by atoms with Crippen molar-refractivity contribution in [3.05, 3.63) is 77.5 Å². The Labute approximate surface area is 167 Å². The molecule has 0 radical (unpaired) electrons. The number of hydrogen-bond acceptors (Lipinski definition) is 7. The summed E-state index contributed by atoms with van der Waals surface area (Å²) in [6.07, 6.45) is 5.04. The van der Waals surface area contributed by atoms with Gasteiger partial charge >= 0.3 is 0 Å². The van der Waals surface area contributed by atoms with Gasteiger partial charge in [0.2, 0.25) is 11.8 Å². The first-order valence-corrected chi connectivity index (χ1v) is 9.13. The van der Waals surface area contributed by atoms with Crippen LogP contribution in [-0.2, 0) is 0 Å². The molecule has 0 fully saturated rings. The summed E-state index contributed by atoms with van der Waals surface area (Å²) < 4.78 is 11.2. The molecule has 29 heavy (non-hydrogen) atoms. The zero-order valence-corrected chi connectivity index (χ0v) is 15.9. The van der Waals surface area contributed by atoms with E-state index in [1.165, 1.54) is 6.33 Å². The van der Waals surface area contributed by atoms with E-state index < -0.39 is 0 Å². The lowest BCUT2D eigenvalue weighted by atomic mass is 9.84. The minimum Gasteiger partial charge on any atom is -0.497 e. The molecule has 5 rings (SSSR count). The van der Waals surface area contributed by atoms with Gasteiger partial charge in [0.1, 0.15) is 17.9 Å². The summed E-state index contributed by atoms with van der Waals surface area (Å²) in [5.74, 6) is 2.34. The topological polar surface area (TPSA) is 97.8 Å². The molecule has 0 amide bonds. The predicted octanol–water partition coefficient (Wildman–Crippen LogP) is 3.94. The molecular weight excluding hydrogens is 368 g/mol. The highest BCUT2D eigenvalue weighted by Crippen LogP contribution is 2.49. The standard InChI is InChI=1S/C21H18N6O2/c1-12-16-17(13-7-9-22-10-8-13)18-19(25-14-3-5-15(28-2)6-4-14)23-11-24-20(18)29-21(16)27-26-12/h3-11,17H,1-2H3,(H,26,27)(H,23,24,25). The van der Waals surface area contributed by atoms with Crippen LogP contribution in [0.3, 0.4) is 0 Å². The van der Waals surface area contributed by atoms with E-state index in [-0.39, 0.29) is 5.92 Å². The highest BCUT2D eigenvalue weighted by atomic mass is 16.5. The van der Waals surface area contributed by atoms with Crippen molar-refractivity contribution in [2.75, 3.05) is 12.4 Å². The summed E-state index contributed by atoms with van der Waals surface area (Å²) in [6, 6.07) is 11.6. The highest BCUT2D eigenvalue weighted by molar-refractivity contribution is 5.68. The predicted molar refractivity (Wildman–Crippen MR) is 107 cm³/mol. The fraction of sp³-hybridized carbons (Fsp3) is 0.143. The number of aryl methyl sites for hydroxylation is 1. The summed E-state index contributed by atoms with van der Waals surface area (Å²) >= 11 is 0. The number of benzene rings is 1. The van der Waals surface area contributed by atoms with Crippen LogP contribution >= 0.6 is 0 Å². The second kappa shape index (κ2) is 6.90. The molecule has 0 aliphatic carbocycles. The van der Waals surface area contributed by atoms with Gasteiger partial charge in [0.25, 0.3) is 0 Å². The van der Waals surface area contributed by atoms with Crippen LogP contribution in [0.1, 0.15) is 28.3 Å². The van der Waals surface area contributed by atoms with Crippen LogP contribution in [0.25, 0.3) is 0 Å². The second-order valence-electron chi connectivity index (χ2n) is 6.68. The number of nitrogens with one attached hydrogen (secondary N) is 2. The first-order chi connectivity index (χ1) is 14.2. The number of nitrogens with zero attached hydrogens (tertiary/aromatic N) is 4. The van der Waals surface area contributed by atoms with Gasteiger partial charge in [0.05, 0.1) is 18.6 Å². The summed E-state index contributed by atoms with van der Waals surface area (Å²) in [5.41, 5.74) is 4.70. The monoisotopic (exact) mass is 386 g/mol. The van der Waals surface area contributed by atoms with Gasteiger partial charge in [0, 0.05) is 29.3 Å². The van der Waals surface area contributed by atoms with E-state index in [4.69, 9.17) is 9.47 Å². The summed E-state index contributed by atoms with van der Waals surface area (Å²) in [5, 5.41) is 10.7. The van der Waals surface area contributed by atoms with Crippen molar-refractivity contribution in [1.29, 1.82) is 0 Å². The molecule has 4 aromatic rings. The van der Waals surface area contributed by atoms with E-state index in [0.717, 1.165) is 33.8 Å². The lowest BCUT2D eigenvalue weighted by molar-refractivity contribution is 0.414. The van der Waals surface area contributed by atoms with Crippen molar-refractivity contribution in [1.82, 2.24) is 25.1 Å². The fourth-order valence-corrected chi connectivity index (χ4v) is 3.59. The van der Waals surface area contributed by atoms with Gasteiger partial charge in [0.15, 0.2) is 0 Å². The minimum absolute atomic E-state index is 0.141. The van der Waals surface area contributed by atoms with Crippen molar-refractivity contribution in [2.45, 2.75) is 12.8 Å². The van der Waals surface area contributed by atoms with Gasteiger partial charge in [-0.1, -0.05) is 0 Å². The Morgan fingerprint density at radius 1 is 1.00 bits per heavy atom. The smallest absolute Gasteiger partial charge is 0.244 e. The van der Waals surface area contributed by atoms with Crippen molar-refractivity contribution in [3.8, 4) is 17.5 Å². The third-order valence-corrected chi connectivity index (χ3v) is 4.97. The molecule has 1 aliphatic heterocycles. The van der Waals surface area contributed by atoms with Crippen LogP contribution in [-0.4, -0.2) is 32.3 Å². The number of anilines is 2. The van der Waals surface area contributed by atoms with E-state index in [9.17, 15) is 0 Å². The van der Waals surface area contributed by atoms with Crippen LogP contribution in [0.2, 0.25) is 0 Å². The molecule has 0 spiro atoms. The number of pyridine rings is 1. The third kappa shape index (κ3) is 2.94.